The lowest BCUT2D eigenvalue weighted by Gasteiger charge is -2.24. The van der Waals surface area contributed by atoms with Gasteiger partial charge in [-0.25, -0.2) is 4.39 Å². The second-order valence-corrected chi connectivity index (χ2v) is 3.99. The molecule has 0 radical (unpaired) electrons. The van der Waals surface area contributed by atoms with Crippen LogP contribution in [-0.2, 0) is 0 Å². The van der Waals surface area contributed by atoms with E-state index in [2.05, 4.69) is 15.9 Å². The first-order valence-corrected chi connectivity index (χ1v) is 4.96. The van der Waals surface area contributed by atoms with Crippen LogP contribution in [0.4, 0.5) is 8.78 Å². The summed E-state index contributed by atoms with van der Waals surface area (Å²) >= 11 is 3.14. The molecule has 0 aliphatic carbocycles. The van der Waals surface area contributed by atoms with Gasteiger partial charge >= 0.3 is 0 Å². The maximum absolute atomic E-state index is 13.3. The maximum Gasteiger partial charge on any atom is 0.201 e. The molecule has 0 aromatic heterocycles. The van der Waals surface area contributed by atoms with Gasteiger partial charge in [-0.05, 0) is 6.07 Å². The Hall–Kier alpha value is -0.680. The SMILES string of the molecule is N[C@H]1CCOc2c(F)c(F)cc(Br)c21. The highest BCUT2D eigenvalue weighted by Crippen LogP contribution is 2.39. The summed E-state index contributed by atoms with van der Waals surface area (Å²) in [6, 6.07) is 0.770. The zero-order valence-corrected chi connectivity index (χ0v) is 8.77. The van der Waals surface area contributed by atoms with Crippen LogP contribution in [0.25, 0.3) is 0 Å². The first kappa shape index (κ1) is 9.86. The molecule has 1 atom stereocenters. The molecule has 0 bridgehead atoms. The third kappa shape index (κ3) is 1.40. The maximum atomic E-state index is 13.3. The Morgan fingerprint density at radius 2 is 2.21 bits per heavy atom. The third-order valence-corrected chi connectivity index (χ3v) is 2.87. The lowest BCUT2D eigenvalue weighted by Crippen LogP contribution is -2.22. The van der Waals surface area contributed by atoms with Crippen molar-refractivity contribution in [3.63, 3.8) is 0 Å². The standard InChI is InChI=1S/C9H8BrF2NO/c10-4-3-5(11)8(12)9-7(4)6(13)1-2-14-9/h3,6H,1-2,13H2/t6-/m0/s1. The number of nitrogens with two attached hydrogens (primary N) is 1. The average molecular weight is 264 g/mol. The van der Waals surface area contributed by atoms with Crippen molar-refractivity contribution in [2.45, 2.75) is 12.5 Å². The van der Waals surface area contributed by atoms with Crippen LogP contribution in [0.1, 0.15) is 18.0 Å². The van der Waals surface area contributed by atoms with Gasteiger partial charge in [0.2, 0.25) is 5.82 Å². The van der Waals surface area contributed by atoms with E-state index in [4.69, 9.17) is 10.5 Å². The summed E-state index contributed by atoms with van der Waals surface area (Å²) in [6.45, 7) is 0.320. The van der Waals surface area contributed by atoms with Crippen molar-refractivity contribution in [2.24, 2.45) is 5.73 Å². The molecular weight excluding hydrogens is 256 g/mol. The van der Waals surface area contributed by atoms with E-state index >= 15 is 0 Å². The van der Waals surface area contributed by atoms with E-state index in [1.165, 1.54) is 0 Å². The Kier molecular flexibility index (Phi) is 2.45. The van der Waals surface area contributed by atoms with Gasteiger partial charge < -0.3 is 10.5 Å². The predicted octanol–water partition coefficient (Wildman–Crippen LogP) is 2.51. The number of rotatable bonds is 0. The quantitative estimate of drug-likeness (QED) is 0.731. The summed E-state index contributed by atoms with van der Waals surface area (Å²) in [5.74, 6) is -1.95. The van der Waals surface area contributed by atoms with E-state index in [0.717, 1.165) is 6.07 Å². The molecule has 0 amide bonds. The Morgan fingerprint density at radius 1 is 1.50 bits per heavy atom. The second kappa shape index (κ2) is 3.47. The van der Waals surface area contributed by atoms with Gasteiger partial charge in [-0.2, -0.15) is 4.39 Å². The number of halogens is 3. The second-order valence-electron chi connectivity index (χ2n) is 3.14. The van der Waals surface area contributed by atoms with Crippen LogP contribution in [0.3, 0.4) is 0 Å². The molecule has 0 unspecified atom stereocenters. The molecule has 1 aliphatic heterocycles. The summed E-state index contributed by atoms with van der Waals surface area (Å²) in [4.78, 5) is 0. The van der Waals surface area contributed by atoms with Gasteiger partial charge in [0, 0.05) is 22.5 Å². The number of hydrogen-bond acceptors (Lipinski definition) is 2. The van der Waals surface area contributed by atoms with Crippen LogP contribution in [0, 0.1) is 11.6 Å². The summed E-state index contributed by atoms with van der Waals surface area (Å²) in [5.41, 5.74) is 6.28. The monoisotopic (exact) mass is 263 g/mol. The van der Waals surface area contributed by atoms with Gasteiger partial charge in [0.05, 0.1) is 6.61 Å². The van der Waals surface area contributed by atoms with E-state index in [9.17, 15) is 8.78 Å². The molecule has 2 nitrogen and oxygen atoms in total. The smallest absolute Gasteiger partial charge is 0.201 e. The molecule has 76 valence electrons. The van der Waals surface area contributed by atoms with Gasteiger partial charge in [0.1, 0.15) is 0 Å². The topological polar surface area (TPSA) is 35.2 Å². The van der Waals surface area contributed by atoms with E-state index in [1.54, 1.807) is 0 Å². The number of benzene rings is 1. The fraction of sp³-hybridized carbons (Fsp3) is 0.333. The molecule has 1 aromatic rings. The molecule has 1 aromatic carbocycles. The molecule has 0 fully saturated rings. The molecule has 2 rings (SSSR count). The molecule has 5 heteroatoms. The zero-order chi connectivity index (χ0) is 10.3. The summed E-state index contributed by atoms with van der Waals surface area (Å²) < 4.78 is 31.7. The highest BCUT2D eigenvalue weighted by molar-refractivity contribution is 9.10. The van der Waals surface area contributed by atoms with Crippen LogP contribution < -0.4 is 10.5 Å². The fourth-order valence-electron chi connectivity index (χ4n) is 1.51. The van der Waals surface area contributed by atoms with E-state index in [0.29, 0.717) is 23.1 Å². The van der Waals surface area contributed by atoms with E-state index < -0.39 is 11.6 Å². The van der Waals surface area contributed by atoms with Crippen LogP contribution in [0.2, 0.25) is 0 Å². The van der Waals surface area contributed by atoms with Crippen LogP contribution >= 0.6 is 15.9 Å². The average Bonchev–Trinajstić information content (AvgIpc) is 2.14. The molecule has 0 saturated heterocycles. The highest BCUT2D eigenvalue weighted by Gasteiger charge is 2.26. The van der Waals surface area contributed by atoms with E-state index in [-0.39, 0.29) is 11.8 Å². The van der Waals surface area contributed by atoms with Gasteiger partial charge in [-0.3, -0.25) is 0 Å². The third-order valence-electron chi connectivity index (χ3n) is 2.21. The van der Waals surface area contributed by atoms with Crippen molar-refractivity contribution >= 4 is 15.9 Å². The van der Waals surface area contributed by atoms with Crippen LogP contribution in [0.15, 0.2) is 10.5 Å². The van der Waals surface area contributed by atoms with Gasteiger partial charge in [0.15, 0.2) is 11.6 Å². The highest BCUT2D eigenvalue weighted by atomic mass is 79.9. The fourth-order valence-corrected chi connectivity index (χ4v) is 2.18. The molecule has 0 saturated carbocycles. The Balaban J connectivity index is 2.66. The Labute approximate surface area is 88.2 Å². The van der Waals surface area contributed by atoms with Gasteiger partial charge in [-0.15, -0.1) is 0 Å². The largest absolute Gasteiger partial charge is 0.490 e. The first-order chi connectivity index (χ1) is 6.61. The lowest BCUT2D eigenvalue weighted by molar-refractivity contribution is 0.250. The molecule has 2 N–H and O–H groups in total. The van der Waals surface area contributed by atoms with Gasteiger partial charge in [0.25, 0.3) is 0 Å². The van der Waals surface area contributed by atoms with Crippen molar-refractivity contribution in [3.8, 4) is 5.75 Å². The normalized spacial score (nSPS) is 20.1. The first-order valence-electron chi connectivity index (χ1n) is 4.17. The molecule has 1 aliphatic rings. The summed E-state index contributed by atoms with van der Waals surface area (Å²) in [7, 11) is 0. The minimum atomic E-state index is -0.960. The Bertz CT molecular complexity index is 384. The minimum Gasteiger partial charge on any atom is -0.490 e. The molecule has 14 heavy (non-hydrogen) atoms. The molecular formula is C9H8BrF2NO. The lowest BCUT2D eigenvalue weighted by atomic mass is 10.0. The van der Waals surface area contributed by atoms with Crippen LogP contribution in [0.5, 0.6) is 5.75 Å². The summed E-state index contributed by atoms with van der Waals surface area (Å²) in [5, 5.41) is 0. The molecule has 0 spiro atoms. The number of ether oxygens (including phenoxy) is 1. The minimum absolute atomic E-state index is 0.0596. The van der Waals surface area contributed by atoms with E-state index in [1.807, 2.05) is 0 Å². The van der Waals surface area contributed by atoms with Gasteiger partial charge in [-0.1, -0.05) is 15.9 Å². The van der Waals surface area contributed by atoms with Crippen molar-refractivity contribution in [1.29, 1.82) is 0 Å². The Morgan fingerprint density at radius 3 is 2.93 bits per heavy atom. The summed E-state index contributed by atoms with van der Waals surface area (Å²) in [6.07, 6.45) is 0.608. The van der Waals surface area contributed by atoms with Crippen molar-refractivity contribution < 1.29 is 13.5 Å². The van der Waals surface area contributed by atoms with Crippen molar-refractivity contribution in [2.75, 3.05) is 6.61 Å². The number of hydrogen-bond donors (Lipinski definition) is 1. The van der Waals surface area contributed by atoms with Crippen LogP contribution in [-0.4, -0.2) is 6.61 Å². The predicted molar refractivity (Wildman–Crippen MR) is 51.1 cm³/mol. The van der Waals surface area contributed by atoms with Crippen molar-refractivity contribution in [3.05, 3.63) is 27.7 Å². The number of fused-ring (bicyclic) bond motifs is 1. The molecule has 1 heterocycles. The zero-order valence-electron chi connectivity index (χ0n) is 7.19. The van der Waals surface area contributed by atoms with Crippen molar-refractivity contribution in [1.82, 2.24) is 0 Å².